The summed E-state index contributed by atoms with van der Waals surface area (Å²) in [7, 11) is 1.83. The summed E-state index contributed by atoms with van der Waals surface area (Å²) in [4.78, 5) is 28.3. The second-order valence-corrected chi connectivity index (χ2v) is 9.07. The van der Waals surface area contributed by atoms with E-state index >= 15 is 0 Å². The van der Waals surface area contributed by atoms with E-state index in [1.165, 1.54) is 11.3 Å². The Kier molecular flexibility index (Phi) is 8.32. The van der Waals surface area contributed by atoms with Gasteiger partial charge in [-0.15, -0.1) is 11.3 Å². The molecule has 0 aliphatic heterocycles. The molecular weight excluding hydrogens is 467 g/mol. The van der Waals surface area contributed by atoms with Crippen molar-refractivity contribution >= 4 is 51.4 Å². The maximum atomic E-state index is 13.0. The summed E-state index contributed by atoms with van der Waals surface area (Å²) in [5, 5.41) is 4.33. The Labute approximate surface area is 201 Å². The summed E-state index contributed by atoms with van der Waals surface area (Å²) < 4.78 is 5.19. The Bertz CT molecular complexity index is 1100. The average molecular weight is 491 g/mol. The van der Waals surface area contributed by atoms with Crippen molar-refractivity contribution in [3.63, 3.8) is 0 Å². The van der Waals surface area contributed by atoms with Crippen molar-refractivity contribution in [1.82, 2.24) is 4.90 Å². The second kappa shape index (κ2) is 11.0. The van der Waals surface area contributed by atoms with Gasteiger partial charge in [-0.05, 0) is 44.2 Å². The Balaban J connectivity index is 1.80. The third kappa shape index (κ3) is 5.70. The third-order valence-corrected chi connectivity index (χ3v) is 6.97. The van der Waals surface area contributed by atoms with Crippen molar-refractivity contribution < 1.29 is 14.3 Å². The van der Waals surface area contributed by atoms with Crippen molar-refractivity contribution in [3.05, 3.63) is 75.8 Å². The van der Waals surface area contributed by atoms with Gasteiger partial charge in [-0.1, -0.05) is 65.7 Å². The van der Waals surface area contributed by atoms with E-state index in [0.717, 1.165) is 16.0 Å². The van der Waals surface area contributed by atoms with Crippen molar-refractivity contribution in [3.8, 4) is 10.4 Å². The van der Waals surface area contributed by atoms with Crippen LogP contribution in [0.25, 0.3) is 10.4 Å². The molecule has 168 valence electrons. The Hall–Kier alpha value is -2.38. The molecule has 0 spiro atoms. The number of carbonyl (C=O) groups is 2. The van der Waals surface area contributed by atoms with Crippen LogP contribution in [0.5, 0.6) is 0 Å². The molecule has 3 aromatic rings. The normalized spacial score (nSPS) is 11.9. The fourth-order valence-corrected chi connectivity index (χ4v) is 4.52. The maximum absolute atomic E-state index is 13.0. The smallest absolute Gasteiger partial charge is 0.341 e. The number of ether oxygens (including phenoxy) is 1. The molecule has 32 heavy (non-hydrogen) atoms. The fourth-order valence-electron chi connectivity index (χ4n) is 3.08. The van der Waals surface area contributed by atoms with Gasteiger partial charge < -0.3 is 10.1 Å². The first-order valence-electron chi connectivity index (χ1n) is 10.1. The first-order chi connectivity index (χ1) is 15.3. The zero-order valence-electron chi connectivity index (χ0n) is 18.0. The molecule has 5 nitrogen and oxygen atoms in total. The zero-order valence-corrected chi connectivity index (χ0v) is 20.4. The van der Waals surface area contributed by atoms with Crippen LogP contribution < -0.4 is 5.32 Å². The molecule has 1 heterocycles. The number of nitrogens with one attached hydrogen (secondary N) is 1. The van der Waals surface area contributed by atoms with Gasteiger partial charge in [0, 0.05) is 11.4 Å². The van der Waals surface area contributed by atoms with E-state index in [4.69, 9.17) is 27.9 Å². The number of halogens is 2. The molecule has 2 aromatic carbocycles. The van der Waals surface area contributed by atoms with E-state index in [0.29, 0.717) is 27.2 Å². The van der Waals surface area contributed by atoms with E-state index in [2.05, 4.69) is 5.32 Å². The lowest BCUT2D eigenvalue weighted by Gasteiger charge is -2.24. The molecule has 0 bridgehead atoms. The lowest BCUT2D eigenvalue weighted by Crippen LogP contribution is -2.39. The summed E-state index contributed by atoms with van der Waals surface area (Å²) in [5.41, 5.74) is 2.14. The summed E-state index contributed by atoms with van der Waals surface area (Å²) in [5.74, 6) is -0.703. The predicted molar refractivity (Wildman–Crippen MR) is 132 cm³/mol. The van der Waals surface area contributed by atoms with Gasteiger partial charge in [0.25, 0.3) is 0 Å². The van der Waals surface area contributed by atoms with Gasteiger partial charge in [-0.25, -0.2) is 4.79 Å². The van der Waals surface area contributed by atoms with E-state index in [1.807, 2.05) is 54.4 Å². The van der Waals surface area contributed by atoms with Gasteiger partial charge in [0.2, 0.25) is 5.91 Å². The number of benzene rings is 2. The van der Waals surface area contributed by atoms with Crippen LogP contribution in [-0.2, 0) is 16.1 Å². The van der Waals surface area contributed by atoms with Gasteiger partial charge >= 0.3 is 5.97 Å². The number of rotatable bonds is 8. The van der Waals surface area contributed by atoms with Crippen LogP contribution in [0, 0.1) is 0 Å². The molecule has 0 unspecified atom stereocenters. The van der Waals surface area contributed by atoms with Crippen LogP contribution in [0.2, 0.25) is 10.0 Å². The molecule has 0 aliphatic rings. The first kappa shape index (κ1) is 24.3. The summed E-state index contributed by atoms with van der Waals surface area (Å²) in [6.45, 7) is 4.24. The first-order valence-corrected chi connectivity index (χ1v) is 11.7. The highest BCUT2D eigenvalue weighted by Gasteiger charge is 2.24. The molecule has 0 fully saturated rings. The highest BCUT2D eigenvalue weighted by atomic mass is 35.5. The van der Waals surface area contributed by atoms with Gasteiger partial charge in [0.15, 0.2) is 0 Å². The molecule has 0 aliphatic carbocycles. The largest absolute Gasteiger partial charge is 0.462 e. The molecule has 1 atom stereocenters. The number of nitrogens with zero attached hydrogens (tertiary/aromatic N) is 1. The fraction of sp³-hybridized carbons (Fsp3) is 0.250. The summed E-state index contributed by atoms with van der Waals surface area (Å²) >= 11 is 13.7. The second-order valence-electron chi connectivity index (χ2n) is 7.23. The Morgan fingerprint density at radius 1 is 1.12 bits per heavy atom. The summed E-state index contributed by atoms with van der Waals surface area (Å²) in [6, 6.07) is 16.4. The van der Waals surface area contributed by atoms with Crippen LogP contribution in [0.3, 0.4) is 0 Å². The van der Waals surface area contributed by atoms with E-state index in [-0.39, 0.29) is 12.5 Å². The van der Waals surface area contributed by atoms with E-state index < -0.39 is 12.0 Å². The highest BCUT2D eigenvalue weighted by Crippen LogP contribution is 2.36. The molecular formula is C24H24Cl2N2O3S. The quantitative estimate of drug-likeness (QED) is 0.373. The minimum atomic E-state index is -0.484. The SMILES string of the molecule is CCOC(=O)c1cc(-c2ccccc2)sc1NC(=O)[C@@H](C)N(C)Cc1cccc(Cl)c1Cl. The zero-order chi connectivity index (χ0) is 23.3. The maximum Gasteiger partial charge on any atom is 0.341 e. The van der Waals surface area contributed by atoms with Gasteiger partial charge in [0.1, 0.15) is 5.00 Å². The van der Waals surface area contributed by atoms with Crippen molar-refractivity contribution in [2.24, 2.45) is 0 Å². The Morgan fingerprint density at radius 3 is 2.53 bits per heavy atom. The molecule has 1 aromatic heterocycles. The number of likely N-dealkylation sites (N-methyl/N-ethyl adjacent to an activating group) is 1. The topological polar surface area (TPSA) is 58.6 Å². The van der Waals surface area contributed by atoms with Crippen LogP contribution in [0.1, 0.15) is 29.8 Å². The third-order valence-electron chi connectivity index (χ3n) is 5.01. The van der Waals surface area contributed by atoms with Gasteiger partial charge in [-0.3, -0.25) is 9.69 Å². The summed E-state index contributed by atoms with van der Waals surface area (Å²) in [6.07, 6.45) is 0. The molecule has 0 saturated carbocycles. The standard InChI is InChI=1S/C24H24Cl2N2O3S/c1-4-31-24(30)18-13-20(16-9-6-5-7-10-16)32-23(18)27-22(29)15(2)28(3)14-17-11-8-12-19(25)21(17)26/h5-13,15H,4,14H2,1-3H3,(H,27,29)/t15-/m1/s1. The van der Waals surface area contributed by atoms with E-state index in [9.17, 15) is 9.59 Å². The van der Waals surface area contributed by atoms with E-state index in [1.54, 1.807) is 26.0 Å². The molecule has 0 saturated heterocycles. The molecule has 3 rings (SSSR count). The lowest BCUT2D eigenvalue weighted by molar-refractivity contribution is -0.120. The van der Waals surface area contributed by atoms with Crippen LogP contribution in [0.15, 0.2) is 54.6 Å². The monoisotopic (exact) mass is 490 g/mol. The van der Waals surface area contributed by atoms with Crippen molar-refractivity contribution in [2.45, 2.75) is 26.4 Å². The highest BCUT2D eigenvalue weighted by molar-refractivity contribution is 7.20. The molecule has 1 N–H and O–H groups in total. The number of hydrogen-bond acceptors (Lipinski definition) is 5. The number of carbonyl (C=O) groups excluding carboxylic acids is 2. The van der Waals surface area contributed by atoms with Crippen LogP contribution >= 0.6 is 34.5 Å². The minimum Gasteiger partial charge on any atom is -0.462 e. The van der Waals surface area contributed by atoms with Gasteiger partial charge in [-0.2, -0.15) is 0 Å². The molecule has 1 amide bonds. The molecule has 8 heteroatoms. The number of anilines is 1. The number of hydrogen-bond donors (Lipinski definition) is 1. The minimum absolute atomic E-state index is 0.238. The van der Waals surface area contributed by atoms with Gasteiger partial charge in [0.05, 0.1) is 28.3 Å². The van der Waals surface area contributed by atoms with Crippen LogP contribution in [-0.4, -0.2) is 36.5 Å². The number of esters is 1. The number of amides is 1. The lowest BCUT2D eigenvalue weighted by atomic mass is 10.1. The molecule has 0 radical (unpaired) electrons. The number of thiophene rings is 1. The predicted octanol–water partition coefficient (Wildman–Crippen LogP) is 6.36. The average Bonchev–Trinajstić information content (AvgIpc) is 3.21. The Morgan fingerprint density at radius 2 is 1.84 bits per heavy atom. The van der Waals surface area contributed by atoms with Crippen LogP contribution in [0.4, 0.5) is 5.00 Å². The van der Waals surface area contributed by atoms with Crippen molar-refractivity contribution in [2.75, 3.05) is 19.0 Å². The van der Waals surface area contributed by atoms with Crippen molar-refractivity contribution in [1.29, 1.82) is 0 Å².